The molecule has 0 amide bonds. The number of anilines is 2. The number of nitrogen functional groups attached to an aromatic ring is 1. The lowest BCUT2D eigenvalue weighted by atomic mass is 10.1. The van der Waals surface area contributed by atoms with E-state index in [1.807, 2.05) is 12.1 Å². The summed E-state index contributed by atoms with van der Waals surface area (Å²) in [5.74, 6) is 1.27. The van der Waals surface area contributed by atoms with Crippen molar-refractivity contribution in [1.82, 2.24) is 9.36 Å². The summed E-state index contributed by atoms with van der Waals surface area (Å²) in [7, 11) is 0. The minimum absolute atomic E-state index is 0.610. The van der Waals surface area contributed by atoms with Gasteiger partial charge in [-0.25, -0.2) is 0 Å². The van der Waals surface area contributed by atoms with Crippen LogP contribution in [0, 0.1) is 5.92 Å². The third-order valence-corrected chi connectivity index (χ3v) is 4.49. The molecule has 5 heteroatoms. The van der Waals surface area contributed by atoms with Gasteiger partial charge in [0.25, 0.3) is 0 Å². The fourth-order valence-electron chi connectivity index (χ4n) is 2.16. The second-order valence-electron chi connectivity index (χ2n) is 5.04. The van der Waals surface area contributed by atoms with Gasteiger partial charge in [0.2, 0.25) is 0 Å². The zero-order valence-electron chi connectivity index (χ0n) is 12.3. The quantitative estimate of drug-likeness (QED) is 0.882. The van der Waals surface area contributed by atoms with Gasteiger partial charge in [0.15, 0.2) is 0 Å². The van der Waals surface area contributed by atoms with Gasteiger partial charge in [0.1, 0.15) is 10.8 Å². The minimum Gasteiger partial charge on any atom is -0.382 e. The SMILES string of the molecule is CCC(C)CN(CC)c1snc(N)c1-c1ccncc1. The molecule has 1 unspecified atom stereocenters. The Morgan fingerprint density at radius 3 is 2.60 bits per heavy atom. The molecule has 2 rings (SSSR count). The zero-order valence-corrected chi connectivity index (χ0v) is 13.2. The summed E-state index contributed by atoms with van der Waals surface area (Å²) in [5, 5.41) is 1.16. The maximum Gasteiger partial charge on any atom is 0.147 e. The van der Waals surface area contributed by atoms with Crippen LogP contribution >= 0.6 is 11.5 Å². The van der Waals surface area contributed by atoms with Crippen LogP contribution in [0.1, 0.15) is 27.2 Å². The summed E-state index contributed by atoms with van der Waals surface area (Å²) < 4.78 is 4.35. The highest BCUT2D eigenvalue weighted by atomic mass is 32.1. The molecule has 0 aliphatic rings. The molecule has 0 bridgehead atoms. The van der Waals surface area contributed by atoms with Crippen LogP contribution in [-0.4, -0.2) is 22.4 Å². The molecule has 2 heterocycles. The first-order valence-electron chi connectivity index (χ1n) is 7.07. The average Bonchev–Trinajstić information content (AvgIpc) is 2.87. The van der Waals surface area contributed by atoms with E-state index in [9.17, 15) is 0 Å². The lowest BCUT2D eigenvalue weighted by Gasteiger charge is -2.25. The Morgan fingerprint density at radius 2 is 2.00 bits per heavy atom. The van der Waals surface area contributed by atoms with Gasteiger partial charge in [-0.3, -0.25) is 4.98 Å². The van der Waals surface area contributed by atoms with Gasteiger partial charge in [-0.15, -0.1) is 0 Å². The van der Waals surface area contributed by atoms with Crippen LogP contribution in [0.2, 0.25) is 0 Å². The van der Waals surface area contributed by atoms with Crippen molar-refractivity contribution in [2.75, 3.05) is 23.7 Å². The van der Waals surface area contributed by atoms with Crippen molar-refractivity contribution in [2.24, 2.45) is 5.92 Å². The number of aromatic nitrogens is 2. The first-order chi connectivity index (χ1) is 9.67. The molecule has 0 aromatic carbocycles. The van der Waals surface area contributed by atoms with Crippen molar-refractivity contribution in [1.29, 1.82) is 0 Å². The third kappa shape index (κ3) is 3.10. The van der Waals surface area contributed by atoms with E-state index in [0.29, 0.717) is 11.7 Å². The van der Waals surface area contributed by atoms with E-state index in [0.717, 1.165) is 29.2 Å². The fraction of sp³-hybridized carbons (Fsp3) is 0.467. The fourth-order valence-corrected chi connectivity index (χ4v) is 3.07. The first-order valence-corrected chi connectivity index (χ1v) is 7.85. The van der Waals surface area contributed by atoms with Crippen molar-refractivity contribution in [3.63, 3.8) is 0 Å². The number of rotatable bonds is 6. The molecule has 0 radical (unpaired) electrons. The van der Waals surface area contributed by atoms with Crippen LogP contribution in [-0.2, 0) is 0 Å². The molecule has 4 nitrogen and oxygen atoms in total. The van der Waals surface area contributed by atoms with Crippen molar-refractivity contribution in [2.45, 2.75) is 27.2 Å². The summed E-state index contributed by atoms with van der Waals surface area (Å²) in [4.78, 5) is 6.44. The molecule has 0 saturated heterocycles. The maximum absolute atomic E-state index is 6.08. The number of pyridine rings is 1. The number of hydrogen-bond acceptors (Lipinski definition) is 5. The smallest absolute Gasteiger partial charge is 0.147 e. The van der Waals surface area contributed by atoms with Crippen molar-refractivity contribution in [3.05, 3.63) is 24.5 Å². The Bertz CT molecular complexity index is 538. The van der Waals surface area contributed by atoms with Gasteiger partial charge in [-0.1, -0.05) is 20.3 Å². The van der Waals surface area contributed by atoms with Crippen molar-refractivity contribution < 1.29 is 0 Å². The topological polar surface area (TPSA) is 55.0 Å². The van der Waals surface area contributed by atoms with E-state index in [4.69, 9.17) is 5.73 Å². The van der Waals surface area contributed by atoms with Gasteiger partial charge in [-0.05, 0) is 42.1 Å². The molecular formula is C15H22N4S. The summed E-state index contributed by atoms with van der Waals surface area (Å²) in [6.45, 7) is 8.67. The Kier molecular flexibility index (Phi) is 4.95. The van der Waals surface area contributed by atoms with Crippen LogP contribution < -0.4 is 10.6 Å². The van der Waals surface area contributed by atoms with Crippen LogP contribution in [0.25, 0.3) is 11.1 Å². The minimum atomic E-state index is 0.610. The van der Waals surface area contributed by atoms with Crippen molar-refractivity contribution >= 4 is 22.4 Å². The molecule has 2 aromatic heterocycles. The highest BCUT2D eigenvalue weighted by Gasteiger charge is 2.19. The standard InChI is InChI=1S/C15H22N4S/c1-4-11(3)10-19(5-2)15-13(14(16)18-20-15)12-6-8-17-9-7-12/h6-9,11H,4-5,10H2,1-3H3,(H2,16,18). The largest absolute Gasteiger partial charge is 0.382 e. The van der Waals surface area contributed by atoms with E-state index >= 15 is 0 Å². The highest BCUT2D eigenvalue weighted by molar-refractivity contribution is 7.11. The van der Waals surface area contributed by atoms with Crippen LogP contribution in [0.15, 0.2) is 24.5 Å². The van der Waals surface area contributed by atoms with Gasteiger partial charge >= 0.3 is 0 Å². The molecule has 20 heavy (non-hydrogen) atoms. The van der Waals surface area contributed by atoms with E-state index in [2.05, 4.69) is 35.0 Å². The van der Waals surface area contributed by atoms with E-state index < -0.39 is 0 Å². The highest BCUT2D eigenvalue weighted by Crippen LogP contribution is 2.39. The van der Waals surface area contributed by atoms with Crippen LogP contribution in [0.4, 0.5) is 10.8 Å². The third-order valence-electron chi connectivity index (χ3n) is 3.57. The molecule has 0 aliphatic carbocycles. The van der Waals surface area contributed by atoms with Gasteiger partial charge in [-0.2, -0.15) is 4.37 Å². The number of hydrogen-bond donors (Lipinski definition) is 1. The molecule has 2 N–H and O–H groups in total. The predicted molar refractivity (Wildman–Crippen MR) is 87.1 cm³/mol. The van der Waals surface area contributed by atoms with Gasteiger partial charge in [0, 0.05) is 25.5 Å². The normalized spacial score (nSPS) is 12.3. The Hall–Kier alpha value is -1.62. The molecule has 0 aliphatic heterocycles. The summed E-state index contributed by atoms with van der Waals surface area (Å²) >= 11 is 1.49. The molecule has 1 atom stereocenters. The average molecular weight is 290 g/mol. The van der Waals surface area contributed by atoms with Crippen LogP contribution in [0.5, 0.6) is 0 Å². The van der Waals surface area contributed by atoms with E-state index in [1.165, 1.54) is 18.0 Å². The summed E-state index contributed by atoms with van der Waals surface area (Å²) in [6.07, 6.45) is 4.76. The lowest BCUT2D eigenvalue weighted by Crippen LogP contribution is -2.27. The second kappa shape index (κ2) is 6.70. The predicted octanol–water partition coefficient (Wildman–Crippen LogP) is 3.66. The Labute approximate surface area is 124 Å². The van der Waals surface area contributed by atoms with Crippen molar-refractivity contribution in [3.8, 4) is 11.1 Å². The molecular weight excluding hydrogens is 268 g/mol. The zero-order chi connectivity index (χ0) is 14.5. The number of nitrogens with two attached hydrogens (primary N) is 1. The van der Waals surface area contributed by atoms with E-state index in [-0.39, 0.29) is 0 Å². The molecule has 0 saturated carbocycles. The molecule has 0 spiro atoms. The van der Waals surface area contributed by atoms with Gasteiger partial charge < -0.3 is 10.6 Å². The summed E-state index contributed by atoms with van der Waals surface area (Å²) in [6, 6.07) is 3.97. The monoisotopic (exact) mass is 290 g/mol. The Morgan fingerprint density at radius 1 is 1.30 bits per heavy atom. The van der Waals surface area contributed by atoms with Crippen LogP contribution in [0.3, 0.4) is 0 Å². The van der Waals surface area contributed by atoms with E-state index in [1.54, 1.807) is 12.4 Å². The number of nitrogens with zero attached hydrogens (tertiary/aromatic N) is 3. The molecule has 0 fully saturated rings. The Balaban J connectivity index is 2.37. The first kappa shape index (κ1) is 14.8. The maximum atomic E-state index is 6.08. The summed E-state index contributed by atoms with van der Waals surface area (Å²) in [5.41, 5.74) is 8.21. The molecule has 108 valence electrons. The van der Waals surface area contributed by atoms with Gasteiger partial charge in [0.05, 0.1) is 5.56 Å². The molecule has 2 aromatic rings. The lowest BCUT2D eigenvalue weighted by molar-refractivity contribution is 0.550. The second-order valence-corrected chi connectivity index (χ2v) is 5.79.